The molecule has 1 aromatic rings. The Morgan fingerprint density at radius 1 is 1.44 bits per heavy atom. The Morgan fingerprint density at radius 3 is 2.89 bits per heavy atom. The van der Waals surface area contributed by atoms with Crippen LogP contribution in [0.15, 0.2) is 35.2 Å². The van der Waals surface area contributed by atoms with Gasteiger partial charge in [0.15, 0.2) is 0 Å². The number of hydrogen-bond donors (Lipinski definition) is 1. The summed E-state index contributed by atoms with van der Waals surface area (Å²) in [6.45, 7) is 2.95. The molecule has 2 unspecified atom stereocenters. The molecule has 1 aliphatic rings. The predicted molar refractivity (Wildman–Crippen MR) is 76.6 cm³/mol. The number of nitrogens with zero attached hydrogens (tertiary/aromatic N) is 1. The van der Waals surface area contributed by atoms with Gasteiger partial charge in [0, 0.05) is 10.1 Å². The van der Waals surface area contributed by atoms with Crippen molar-refractivity contribution in [1.29, 1.82) is 5.26 Å². The summed E-state index contributed by atoms with van der Waals surface area (Å²) in [5.41, 5.74) is -0.292. The van der Waals surface area contributed by atoms with E-state index < -0.39 is 0 Å². The monoisotopic (exact) mass is 260 g/mol. The molecule has 0 bridgehead atoms. The van der Waals surface area contributed by atoms with Crippen LogP contribution in [-0.4, -0.2) is 17.3 Å². The average molecular weight is 260 g/mol. The van der Waals surface area contributed by atoms with E-state index in [9.17, 15) is 5.26 Å². The molecule has 1 aromatic carbocycles. The molecule has 1 saturated carbocycles. The van der Waals surface area contributed by atoms with Crippen molar-refractivity contribution in [2.45, 2.75) is 48.3 Å². The summed E-state index contributed by atoms with van der Waals surface area (Å²) < 4.78 is 0. The van der Waals surface area contributed by atoms with Crippen LogP contribution in [0.1, 0.15) is 32.6 Å². The van der Waals surface area contributed by atoms with Crippen LogP contribution in [0.2, 0.25) is 0 Å². The van der Waals surface area contributed by atoms with Gasteiger partial charge in [0.2, 0.25) is 0 Å². The van der Waals surface area contributed by atoms with Crippen molar-refractivity contribution in [3.63, 3.8) is 0 Å². The van der Waals surface area contributed by atoms with Crippen LogP contribution in [0.4, 0.5) is 0 Å². The lowest BCUT2D eigenvalue weighted by Crippen LogP contribution is -2.48. The first-order valence-corrected chi connectivity index (χ1v) is 7.54. The standard InChI is InChI=1S/C15H20N2S/c1-2-17-15(12-16)10-6-9-14(11-15)18-13-7-4-3-5-8-13/h3-5,7-8,14,17H,2,6,9-11H2,1H3. The van der Waals surface area contributed by atoms with Gasteiger partial charge in [-0.25, -0.2) is 0 Å². The maximum atomic E-state index is 9.43. The van der Waals surface area contributed by atoms with E-state index in [0.29, 0.717) is 5.25 Å². The minimum atomic E-state index is -0.292. The first-order chi connectivity index (χ1) is 8.78. The zero-order valence-electron chi connectivity index (χ0n) is 10.9. The Labute approximate surface area is 114 Å². The van der Waals surface area contributed by atoms with E-state index in [4.69, 9.17) is 0 Å². The summed E-state index contributed by atoms with van der Waals surface area (Å²) in [5.74, 6) is 0. The van der Waals surface area contributed by atoms with Gasteiger partial charge < -0.3 is 0 Å². The molecule has 2 nitrogen and oxygen atoms in total. The summed E-state index contributed by atoms with van der Waals surface area (Å²) in [5, 5.41) is 13.4. The largest absolute Gasteiger partial charge is 0.300 e. The van der Waals surface area contributed by atoms with Crippen LogP contribution in [0.3, 0.4) is 0 Å². The summed E-state index contributed by atoms with van der Waals surface area (Å²) in [4.78, 5) is 1.31. The molecule has 0 radical (unpaired) electrons. The molecule has 18 heavy (non-hydrogen) atoms. The fourth-order valence-corrected chi connectivity index (χ4v) is 4.01. The Balaban J connectivity index is 2.01. The molecule has 2 atom stereocenters. The van der Waals surface area contributed by atoms with Crippen molar-refractivity contribution in [1.82, 2.24) is 5.32 Å². The fourth-order valence-electron chi connectivity index (χ4n) is 2.66. The fraction of sp³-hybridized carbons (Fsp3) is 0.533. The van der Waals surface area contributed by atoms with Gasteiger partial charge in [-0.05, 0) is 44.4 Å². The highest BCUT2D eigenvalue weighted by molar-refractivity contribution is 8.00. The Kier molecular flexibility index (Phi) is 4.68. The zero-order chi connectivity index (χ0) is 12.8. The summed E-state index contributed by atoms with van der Waals surface area (Å²) in [6.07, 6.45) is 4.31. The van der Waals surface area contributed by atoms with Gasteiger partial charge >= 0.3 is 0 Å². The molecule has 0 aromatic heterocycles. The molecule has 0 heterocycles. The molecule has 3 heteroatoms. The van der Waals surface area contributed by atoms with Gasteiger partial charge in [-0.15, -0.1) is 11.8 Å². The van der Waals surface area contributed by atoms with Crippen LogP contribution < -0.4 is 5.32 Å². The van der Waals surface area contributed by atoms with Gasteiger partial charge in [0.1, 0.15) is 5.54 Å². The number of hydrogen-bond acceptors (Lipinski definition) is 3. The maximum absolute atomic E-state index is 9.43. The number of nitriles is 1. The quantitative estimate of drug-likeness (QED) is 0.898. The zero-order valence-corrected chi connectivity index (χ0v) is 11.7. The summed E-state index contributed by atoms with van der Waals surface area (Å²) >= 11 is 1.92. The van der Waals surface area contributed by atoms with E-state index in [1.807, 2.05) is 17.8 Å². The molecule has 0 aliphatic heterocycles. The predicted octanol–water partition coefficient (Wildman–Crippen LogP) is 3.59. The molecular weight excluding hydrogens is 240 g/mol. The highest BCUT2D eigenvalue weighted by Crippen LogP contribution is 2.37. The van der Waals surface area contributed by atoms with Crippen LogP contribution >= 0.6 is 11.8 Å². The number of thioether (sulfide) groups is 1. The lowest BCUT2D eigenvalue weighted by molar-refractivity contribution is 0.309. The highest BCUT2D eigenvalue weighted by atomic mass is 32.2. The molecule has 0 amide bonds. The lowest BCUT2D eigenvalue weighted by Gasteiger charge is -2.36. The van der Waals surface area contributed by atoms with Gasteiger partial charge in [-0.2, -0.15) is 5.26 Å². The minimum Gasteiger partial charge on any atom is -0.300 e. The molecule has 1 aliphatic carbocycles. The van der Waals surface area contributed by atoms with Crippen molar-refractivity contribution in [3.8, 4) is 6.07 Å². The number of rotatable bonds is 4. The summed E-state index contributed by atoms with van der Waals surface area (Å²) in [7, 11) is 0. The van der Waals surface area contributed by atoms with Crippen molar-refractivity contribution in [2.75, 3.05) is 6.54 Å². The van der Waals surface area contributed by atoms with Gasteiger partial charge in [-0.3, -0.25) is 5.32 Å². The maximum Gasteiger partial charge on any atom is 0.107 e. The molecular formula is C15H20N2S. The first-order valence-electron chi connectivity index (χ1n) is 6.66. The lowest BCUT2D eigenvalue weighted by atomic mass is 9.82. The normalized spacial score (nSPS) is 27.7. The molecule has 1 N–H and O–H groups in total. The molecule has 96 valence electrons. The van der Waals surface area contributed by atoms with Gasteiger partial charge in [0.25, 0.3) is 0 Å². The van der Waals surface area contributed by atoms with Crippen LogP contribution in [0.5, 0.6) is 0 Å². The van der Waals surface area contributed by atoms with Crippen molar-refractivity contribution in [3.05, 3.63) is 30.3 Å². The van der Waals surface area contributed by atoms with Gasteiger partial charge in [0.05, 0.1) is 6.07 Å². The van der Waals surface area contributed by atoms with E-state index in [2.05, 4.69) is 42.6 Å². The molecule has 0 saturated heterocycles. The van der Waals surface area contributed by atoms with Crippen molar-refractivity contribution < 1.29 is 0 Å². The van der Waals surface area contributed by atoms with Crippen LogP contribution in [0, 0.1) is 11.3 Å². The Morgan fingerprint density at radius 2 is 2.22 bits per heavy atom. The minimum absolute atomic E-state index is 0.292. The SMILES string of the molecule is CCNC1(C#N)CCCC(Sc2ccccc2)C1. The third-order valence-corrected chi connectivity index (χ3v) is 4.76. The smallest absolute Gasteiger partial charge is 0.107 e. The van der Waals surface area contributed by atoms with Crippen molar-refractivity contribution in [2.24, 2.45) is 0 Å². The molecule has 2 rings (SSSR count). The number of nitrogens with one attached hydrogen (secondary N) is 1. The van der Waals surface area contributed by atoms with Crippen molar-refractivity contribution >= 4 is 11.8 Å². The Hall–Kier alpha value is -0.980. The Bertz CT molecular complexity index is 408. The average Bonchev–Trinajstić information content (AvgIpc) is 2.41. The third-order valence-electron chi connectivity index (χ3n) is 3.48. The van der Waals surface area contributed by atoms with E-state index in [0.717, 1.165) is 25.8 Å². The van der Waals surface area contributed by atoms with Crippen LogP contribution in [-0.2, 0) is 0 Å². The van der Waals surface area contributed by atoms with E-state index in [1.165, 1.54) is 11.3 Å². The van der Waals surface area contributed by atoms with Gasteiger partial charge in [-0.1, -0.05) is 25.1 Å². The van der Waals surface area contributed by atoms with E-state index in [1.54, 1.807) is 0 Å². The third kappa shape index (κ3) is 3.28. The molecule has 0 spiro atoms. The molecule has 1 fully saturated rings. The van der Waals surface area contributed by atoms with E-state index >= 15 is 0 Å². The topological polar surface area (TPSA) is 35.8 Å². The first kappa shape index (κ1) is 13.5. The second-order valence-corrected chi connectivity index (χ2v) is 6.25. The second kappa shape index (κ2) is 6.26. The highest BCUT2D eigenvalue weighted by Gasteiger charge is 2.36. The second-order valence-electron chi connectivity index (χ2n) is 4.87. The summed E-state index contributed by atoms with van der Waals surface area (Å²) in [6, 6.07) is 13.0. The van der Waals surface area contributed by atoms with E-state index in [-0.39, 0.29) is 5.54 Å². The van der Waals surface area contributed by atoms with Crippen LogP contribution in [0.25, 0.3) is 0 Å². The number of benzene rings is 1.